The number of carbonyl (C=O) groups excluding carboxylic acids is 1. The van der Waals surface area contributed by atoms with E-state index in [9.17, 15) is 4.79 Å². The number of anilines is 1. The summed E-state index contributed by atoms with van der Waals surface area (Å²) in [6.07, 6.45) is 5.07. The Morgan fingerprint density at radius 1 is 1.39 bits per heavy atom. The molecule has 98 valence electrons. The maximum absolute atomic E-state index is 11.2. The average Bonchev–Trinajstić information content (AvgIpc) is 2.31. The van der Waals surface area contributed by atoms with Crippen LogP contribution in [0.2, 0.25) is 0 Å². The Hall–Kier alpha value is -1.16. The predicted octanol–water partition coefficient (Wildman–Crippen LogP) is 3.04. The Kier molecular flexibility index (Phi) is 4.17. The third-order valence-electron chi connectivity index (χ3n) is 3.48. The molecule has 1 aromatic carbocycles. The highest BCUT2D eigenvalue weighted by Gasteiger charge is 2.20. The SMILES string of the molecule is CC1CCCC(Sc2cc(C(N)=O)ccc2N)C1. The molecule has 2 unspecified atom stereocenters. The Morgan fingerprint density at radius 3 is 2.83 bits per heavy atom. The van der Waals surface area contributed by atoms with E-state index in [2.05, 4.69) is 6.92 Å². The van der Waals surface area contributed by atoms with Crippen molar-refractivity contribution in [2.24, 2.45) is 11.7 Å². The van der Waals surface area contributed by atoms with Gasteiger partial charge in [0, 0.05) is 21.4 Å². The van der Waals surface area contributed by atoms with Crippen LogP contribution in [0.3, 0.4) is 0 Å². The third-order valence-corrected chi connectivity index (χ3v) is 4.85. The molecule has 1 aromatic rings. The number of nitrogens with two attached hydrogens (primary N) is 2. The van der Waals surface area contributed by atoms with E-state index in [0.29, 0.717) is 10.8 Å². The second-order valence-corrected chi connectivity index (χ2v) is 6.47. The zero-order valence-electron chi connectivity index (χ0n) is 10.7. The summed E-state index contributed by atoms with van der Waals surface area (Å²) >= 11 is 1.79. The van der Waals surface area contributed by atoms with Crippen LogP contribution < -0.4 is 11.5 Å². The van der Waals surface area contributed by atoms with Crippen molar-refractivity contribution in [2.45, 2.75) is 42.8 Å². The maximum Gasteiger partial charge on any atom is 0.248 e. The van der Waals surface area contributed by atoms with Crippen molar-refractivity contribution in [3.63, 3.8) is 0 Å². The summed E-state index contributed by atoms with van der Waals surface area (Å²) < 4.78 is 0. The second-order valence-electron chi connectivity index (χ2n) is 5.13. The highest BCUT2D eigenvalue weighted by atomic mass is 32.2. The summed E-state index contributed by atoms with van der Waals surface area (Å²) in [5.74, 6) is 0.394. The number of amides is 1. The van der Waals surface area contributed by atoms with Crippen molar-refractivity contribution in [1.29, 1.82) is 0 Å². The van der Waals surface area contributed by atoms with Gasteiger partial charge in [-0.05, 0) is 37.0 Å². The lowest BCUT2D eigenvalue weighted by molar-refractivity contribution is 0.1000. The lowest BCUT2D eigenvalue weighted by atomic mass is 9.91. The molecule has 1 amide bonds. The number of rotatable bonds is 3. The number of benzene rings is 1. The van der Waals surface area contributed by atoms with Gasteiger partial charge in [-0.3, -0.25) is 4.79 Å². The Labute approximate surface area is 112 Å². The van der Waals surface area contributed by atoms with Crippen molar-refractivity contribution in [2.75, 3.05) is 5.73 Å². The first-order valence-electron chi connectivity index (χ1n) is 6.42. The minimum atomic E-state index is -0.395. The minimum Gasteiger partial charge on any atom is -0.398 e. The van der Waals surface area contributed by atoms with Crippen LogP contribution >= 0.6 is 11.8 Å². The number of nitrogen functional groups attached to an aromatic ring is 1. The summed E-state index contributed by atoms with van der Waals surface area (Å²) in [5, 5.41) is 0.610. The van der Waals surface area contributed by atoms with Gasteiger partial charge in [0.15, 0.2) is 0 Å². The van der Waals surface area contributed by atoms with Crippen LogP contribution in [0.25, 0.3) is 0 Å². The molecule has 3 nitrogen and oxygen atoms in total. The largest absolute Gasteiger partial charge is 0.398 e. The fourth-order valence-corrected chi connectivity index (χ4v) is 3.92. The van der Waals surface area contributed by atoms with Gasteiger partial charge in [-0.15, -0.1) is 11.8 Å². The molecule has 0 saturated heterocycles. The molecule has 0 radical (unpaired) electrons. The van der Waals surface area contributed by atoms with E-state index in [1.807, 2.05) is 6.07 Å². The highest BCUT2D eigenvalue weighted by Crippen LogP contribution is 2.38. The van der Waals surface area contributed by atoms with E-state index in [1.54, 1.807) is 23.9 Å². The number of hydrogen-bond acceptors (Lipinski definition) is 3. The first kappa shape index (κ1) is 13.3. The van der Waals surface area contributed by atoms with E-state index in [0.717, 1.165) is 16.5 Å². The van der Waals surface area contributed by atoms with Gasteiger partial charge in [-0.2, -0.15) is 0 Å². The molecule has 4 N–H and O–H groups in total. The molecule has 18 heavy (non-hydrogen) atoms. The van der Waals surface area contributed by atoms with Gasteiger partial charge in [-0.25, -0.2) is 0 Å². The molecule has 0 heterocycles. The number of thioether (sulfide) groups is 1. The molecular weight excluding hydrogens is 244 g/mol. The zero-order valence-corrected chi connectivity index (χ0v) is 11.5. The summed E-state index contributed by atoms with van der Waals surface area (Å²) in [4.78, 5) is 12.2. The Balaban J connectivity index is 2.12. The average molecular weight is 264 g/mol. The monoisotopic (exact) mass is 264 g/mol. The van der Waals surface area contributed by atoms with Crippen molar-refractivity contribution in [1.82, 2.24) is 0 Å². The number of hydrogen-bond donors (Lipinski definition) is 2. The number of primary amides is 1. The Morgan fingerprint density at radius 2 is 2.17 bits per heavy atom. The van der Waals surface area contributed by atoms with Crippen LogP contribution in [0.5, 0.6) is 0 Å². The van der Waals surface area contributed by atoms with Crippen molar-refractivity contribution < 1.29 is 4.79 Å². The van der Waals surface area contributed by atoms with E-state index in [4.69, 9.17) is 11.5 Å². The smallest absolute Gasteiger partial charge is 0.248 e. The first-order valence-corrected chi connectivity index (χ1v) is 7.30. The molecule has 1 fully saturated rings. The van der Waals surface area contributed by atoms with Gasteiger partial charge in [0.25, 0.3) is 0 Å². The molecular formula is C14H20N2OS. The molecule has 1 aliphatic carbocycles. The fraction of sp³-hybridized carbons (Fsp3) is 0.500. The highest BCUT2D eigenvalue weighted by molar-refractivity contribution is 8.00. The normalized spacial score (nSPS) is 23.8. The lowest BCUT2D eigenvalue weighted by Gasteiger charge is -2.26. The minimum absolute atomic E-state index is 0.395. The molecule has 1 aliphatic rings. The van der Waals surface area contributed by atoms with Gasteiger partial charge in [0.1, 0.15) is 0 Å². The molecule has 0 aliphatic heterocycles. The molecule has 2 rings (SSSR count). The summed E-state index contributed by atoms with van der Waals surface area (Å²) in [6, 6.07) is 5.28. The second kappa shape index (κ2) is 5.65. The van der Waals surface area contributed by atoms with Gasteiger partial charge < -0.3 is 11.5 Å². The molecule has 4 heteroatoms. The topological polar surface area (TPSA) is 69.1 Å². The summed E-state index contributed by atoms with van der Waals surface area (Å²) in [6.45, 7) is 2.30. The summed E-state index contributed by atoms with van der Waals surface area (Å²) in [5.41, 5.74) is 12.5. The molecule has 1 saturated carbocycles. The standard InChI is InChI=1S/C14H20N2OS/c1-9-3-2-4-11(7-9)18-13-8-10(14(16)17)5-6-12(13)15/h5-6,8-9,11H,2-4,7,15H2,1H3,(H2,16,17). The quantitative estimate of drug-likeness (QED) is 0.824. The van der Waals surface area contributed by atoms with Crippen molar-refractivity contribution >= 4 is 23.4 Å². The first-order chi connectivity index (χ1) is 8.56. The Bertz CT molecular complexity index is 447. The van der Waals surface area contributed by atoms with Crippen LogP contribution in [0.4, 0.5) is 5.69 Å². The third kappa shape index (κ3) is 3.19. The molecule has 0 spiro atoms. The fourth-order valence-electron chi connectivity index (χ4n) is 2.45. The molecule has 0 aromatic heterocycles. The maximum atomic E-state index is 11.2. The van der Waals surface area contributed by atoms with E-state index in [1.165, 1.54) is 25.7 Å². The summed E-state index contributed by atoms with van der Waals surface area (Å²) in [7, 11) is 0. The van der Waals surface area contributed by atoms with Crippen LogP contribution in [-0.2, 0) is 0 Å². The van der Waals surface area contributed by atoms with E-state index >= 15 is 0 Å². The lowest BCUT2D eigenvalue weighted by Crippen LogP contribution is -2.15. The predicted molar refractivity (Wildman–Crippen MR) is 76.6 cm³/mol. The van der Waals surface area contributed by atoms with Crippen LogP contribution in [0, 0.1) is 5.92 Å². The van der Waals surface area contributed by atoms with Gasteiger partial charge in [0.2, 0.25) is 5.91 Å². The molecule has 2 atom stereocenters. The van der Waals surface area contributed by atoms with Crippen LogP contribution in [0.15, 0.2) is 23.1 Å². The molecule has 0 bridgehead atoms. The van der Waals surface area contributed by atoms with Gasteiger partial charge >= 0.3 is 0 Å². The van der Waals surface area contributed by atoms with Crippen LogP contribution in [0.1, 0.15) is 43.0 Å². The number of carbonyl (C=O) groups is 1. The van der Waals surface area contributed by atoms with Gasteiger partial charge in [-0.1, -0.05) is 19.8 Å². The van der Waals surface area contributed by atoms with Crippen molar-refractivity contribution in [3.8, 4) is 0 Å². The van der Waals surface area contributed by atoms with E-state index < -0.39 is 5.91 Å². The van der Waals surface area contributed by atoms with Crippen molar-refractivity contribution in [3.05, 3.63) is 23.8 Å². The van der Waals surface area contributed by atoms with Crippen LogP contribution in [-0.4, -0.2) is 11.2 Å². The zero-order chi connectivity index (χ0) is 13.1. The van der Waals surface area contributed by atoms with Gasteiger partial charge in [0.05, 0.1) is 0 Å². The van der Waals surface area contributed by atoms with E-state index in [-0.39, 0.29) is 0 Å².